The van der Waals surface area contributed by atoms with Crippen LogP contribution in [-0.4, -0.2) is 126 Å². The Morgan fingerprint density at radius 2 is 1.42 bits per heavy atom. The number of hydrogen-bond acceptors (Lipinski definition) is 11. The first-order chi connectivity index (χ1) is 33.6. The van der Waals surface area contributed by atoms with E-state index in [-0.39, 0.29) is 17.9 Å². The van der Waals surface area contributed by atoms with Crippen LogP contribution in [0.15, 0.2) is 104 Å². The molecule has 16 nitrogen and oxygen atoms in total. The highest BCUT2D eigenvalue weighted by Gasteiger charge is 2.31. The van der Waals surface area contributed by atoms with Crippen molar-refractivity contribution in [3.63, 3.8) is 0 Å². The van der Waals surface area contributed by atoms with Crippen molar-refractivity contribution in [3.8, 4) is 45.3 Å². The highest BCUT2D eigenvalue weighted by molar-refractivity contribution is 6.01. The highest BCUT2D eigenvalue weighted by Crippen LogP contribution is 2.41. The van der Waals surface area contributed by atoms with Crippen molar-refractivity contribution in [2.24, 2.45) is 5.92 Å². The molecule has 10 aromatic rings. The molecule has 2 saturated heterocycles. The monoisotopic (exact) mass is 915 g/mol. The molecule has 8 heterocycles. The average Bonchev–Trinajstić information content (AvgIpc) is 4.19. The molecule has 0 spiro atoms. The number of nitrogens with zero attached hydrogens (tertiary/aromatic N) is 10. The third-order valence-electron chi connectivity index (χ3n) is 14.1. The Bertz CT molecular complexity index is 3570. The van der Waals surface area contributed by atoms with Crippen molar-refractivity contribution in [1.82, 2.24) is 60.1 Å². The molecule has 0 aliphatic carbocycles. The molecule has 5 N–H and O–H groups in total. The van der Waals surface area contributed by atoms with Crippen LogP contribution in [0.25, 0.3) is 89.2 Å². The van der Waals surface area contributed by atoms with Crippen LogP contribution in [0.5, 0.6) is 0 Å². The predicted octanol–water partition coefficient (Wildman–Crippen LogP) is 8.80. The summed E-state index contributed by atoms with van der Waals surface area (Å²) in [6.45, 7) is 12.2. The van der Waals surface area contributed by atoms with E-state index >= 15 is 0 Å². The molecule has 12 rings (SSSR count). The van der Waals surface area contributed by atoms with E-state index in [9.17, 15) is 4.79 Å². The summed E-state index contributed by atoms with van der Waals surface area (Å²) in [5.41, 5.74) is 16.3. The summed E-state index contributed by atoms with van der Waals surface area (Å²) in [4.78, 5) is 49.0. The van der Waals surface area contributed by atoms with Crippen LogP contribution in [0.4, 0.5) is 17.1 Å². The lowest BCUT2D eigenvalue weighted by atomic mass is 9.93. The molecule has 1 amide bonds. The number of para-hydroxylation sites is 2. The largest absolute Gasteiger partial charge is 0.367 e. The van der Waals surface area contributed by atoms with Gasteiger partial charge in [-0.2, -0.15) is 10.2 Å². The molecule has 2 aliphatic heterocycles. The van der Waals surface area contributed by atoms with Crippen LogP contribution in [0.3, 0.4) is 0 Å². The first kappa shape index (κ1) is 42.4. The number of aromatic amines is 4. The van der Waals surface area contributed by atoms with Gasteiger partial charge in [0.2, 0.25) is 5.91 Å². The summed E-state index contributed by atoms with van der Waals surface area (Å²) >= 11 is 0. The van der Waals surface area contributed by atoms with Crippen LogP contribution >= 0.6 is 0 Å². The summed E-state index contributed by atoms with van der Waals surface area (Å²) in [6, 6.07) is 27.5. The minimum atomic E-state index is -0.141. The van der Waals surface area contributed by atoms with Gasteiger partial charge in [0.1, 0.15) is 22.4 Å². The fourth-order valence-electron chi connectivity index (χ4n) is 10.1. The van der Waals surface area contributed by atoms with E-state index in [0.29, 0.717) is 18.1 Å². The second kappa shape index (κ2) is 17.0. The van der Waals surface area contributed by atoms with Gasteiger partial charge >= 0.3 is 0 Å². The Kier molecular flexibility index (Phi) is 10.4. The lowest BCUT2D eigenvalue weighted by Crippen LogP contribution is -2.47. The summed E-state index contributed by atoms with van der Waals surface area (Å²) in [7, 11) is 4.39. The van der Waals surface area contributed by atoms with Crippen LogP contribution in [0.1, 0.15) is 31.0 Å². The number of amides is 1. The van der Waals surface area contributed by atoms with Gasteiger partial charge in [-0.25, -0.2) is 9.97 Å². The molecule has 2 fully saturated rings. The molecular weight excluding hydrogens is 863 g/mol. The molecule has 346 valence electrons. The van der Waals surface area contributed by atoms with Crippen molar-refractivity contribution < 1.29 is 4.79 Å². The van der Waals surface area contributed by atoms with Gasteiger partial charge in [-0.1, -0.05) is 32.0 Å². The molecular formula is C53H53N15O. The topological polar surface area (TPSA) is 183 Å². The van der Waals surface area contributed by atoms with Crippen LogP contribution in [0.2, 0.25) is 0 Å². The number of anilines is 3. The van der Waals surface area contributed by atoms with Gasteiger partial charge in [-0.15, -0.1) is 0 Å². The lowest BCUT2D eigenvalue weighted by molar-refractivity contribution is -0.118. The van der Waals surface area contributed by atoms with Gasteiger partial charge in [0.15, 0.2) is 11.6 Å². The molecule has 0 saturated carbocycles. The molecule has 0 radical (unpaired) electrons. The van der Waals surface area contributed by atoms with E-state index < -0.39 is 0 Å². The normalized spacial score (nSPS) is 16.2. The van der Waals surface area contributed by atoms with Crippen LogP contribution in [0, 0.1) is 12.8 Å². The van der Waals surface area contributed by atoms with Crippen molar-refractivity contribution in [3.05, 3.63) is 115 Å². The highest BCUT2D eigenvalue weighted by atomic mass is 16.1. The fourth-order valence-corrected chi connectivity index (χ4v) is 10.1. The molecule has 2 aliphatic rings. The van der Waals surface area contributed by atoms with Gasteiger partial charge in [-0.05, 0) is 104 Å². The number of piperazine rings is 2. The summed E-state index contributed by atoms with van der Waals surface area (Å²) in [6.07, 6.45) is 7.29. The minimum Gasteiger partial charge on any atom is -0.367 e. The van der Waals surface area contributed by atoms with Gasteiger partial charge in [0.05, 0.1) is 51.4 Å². The molecule has 1 atom stereocenters. The number of carbonyl (C=O) groups excluding carboxylic acids is 1. The van der Waals surface area contributed by atoms with Crippen molar-refractivity contribution >= 4 is 66.8 Å². The zero-order chi connectivity index (χ0) is 46.9. The van der Waals surface area contributed by atoms with E-state index in [1.54, 1.807) is 12.4 Å². The zero-order valence-electron chi connectivity index (χ0n) is 39.3. The maximum Gasteiger partial charge on any atom is 0.226 e. The number of aromatic nitrogens is 10. The standard InChI is InChI=1S/C53H53N15O/c1-30(2)53(69)56-35-22-34(26-55-27-35)32-12-13-40-36(23-32)47(63-61-40)51-57-42-9-7-11-44(50(42)60-51)68-21-18-66(5)45(29-68)37-24-33(39-28-54-15-14-31(39)3)25-38-46(37)62-64-48(38)52-58-41-8-6-10-43(49(41)59-52)67-19-16-65(4)17-20-67/h6-15,22-28,30,45H,16-21,29H2,1-5H3,(H,56,69)(H,57,60)(H,58,59)(H,61,63)(H,62,64). The number of carbonyl (C=O) groups is 1. The van der Waals surface area contributed by atoms with Crippen molar-refractivity contribution in [2.75, 3.05) is 75.0 Å². The van der Waals surface area contributed by atoms with Gasteiger partial charge in [-0.3, -0.25) is 29.9 Å². The van der Waals surface area contributed by atoms with E-state index in [4.69, 9.17) is 20.2 Å². The maximum atomic E-state index is 12.5. The van der Waals surface area contributed by atoms with E-state index in [2.05, 4.69) is 137 Å². The molecule has 1 unspecified atom stereocenters. The van der Waals surface area contributed by atoms with E-state index in [1.165, 1.54) is 0 Å². The number of hydrogen-bond donors (Lipinski definition) is 5. The molecule has 0 bridgehead atoms. The molecule has 16 heteroatoms. The Labute approximate surface area is 398 Å². The van der Waals surface area contributed by atoms with Gasteiger partial charge < -0.3 is 30.0 Å². The third kappa shape index (κ3) is 7.61. The van der Waals surface area contributed by atoms with Gasteiger partial charge in [0, 0.05) is 92.2 Å². The molecule has 6 aromatic heterocycles. The average molecular weight is 916 g/mol. The second-order valence-corrected chi connectivity index (χ2v) is 18.9. The molecule has 4 aromatic carbocycles. The maximum absolute atomic E-state index is 12.5. The number of H-pyrrole nitrogens is 4. The summed E-state index contributed by atoms with van der Waals surface area (Å²) in [5, 5.41) is 21.4. The number of rotatable bonds is 9. The van der Waals surface area contributed by atoms with Crippen molar-refractivity contribution in [2.45, 2.75) is 26.8 Å². The first-order valence-electron chi connectivity index (χ1n) is 23.7. The number of aryl methyl sites for hydroxylation is 1. The predicted molar refractivity (Wildman–Crippen MR) is 274 cm³/mol. The second-order valence-electron chi connectivity index (χ2n) is 18.9. The Morgan fingerprint density at radius 1 is 0.681 bits per heavy atom. The van der Waals surface area contributed by atoms with E-state index in [0.717, 1.165) is 145 Å². The number of likely N-dealkylation sites (N-methyl/N-ethyl adjacent to an activating group) is 2. The minimum absolute atomic E-state index is 0.0112. The summed E-state index contributed by atoms with van der Waals surface area (Å²) < 4.78 is 0. The number of fused-ring (bicyclic) bond motifs is 4. The third-order valence-corrected chi connectivity index (χ3v) is 14.1. The Hall–Kier alpha value is -7.95. The number of nitrogens with one attached hydrogen (secondary N) is 5. The number of imidazole rings is 2. The van der Waals surface area contributed by atoms with Crippen LogP contribution in [-0.2, 0) is 4.79 Å². The van der Waals surface area contributed by atoms with E-state index in [1.807, 2.05) is 44.4 Å². The SMILES string of the molecule is Cc1ccncc1-c1cc(C2CN(c3cccc4[nH]c(-c5n[nH]c6ccc(-c7cncc(NC(=O)C(C)C)c7)cc56)nc34)CCN2C)c2n[nH]c(-c3nc4c(N5CCN(C)CC5)cccc4[nH]3)c2c1. The zero-order valence-corrected chi connectivity index (χ0v) is 39.3. The Morgan fingerprint density at radius 3 is 2.20 bits per heavy atom. The fraction of sp³-hybridized carbons (Fsp3) is 0.264. The lowest BCUT2D eigenvalue weighted by Gasteiger charge is -2.41. The first-order valence-corrected chi connectivity index (χ1v) is 23.7. The molecule has 69 heavy (non-hydrogen) atoms. The van der Waals surface area contributed by atoms with Crippen molar-refractivity contribution in [1.29, 1.82) is 0 Å². The number of benzene rings is 4. The van der Waals surface area contributed by atoms with Gasteiger partial charge in [0.25, 0.3) is 0 Å². The Balaban J connectivity index is 0.899. The quantitative estimate of drug-likeness (QED) is 0.0933. The van der Waals surface area contributed by atoms with Crippen LogP contribution < -0.4 is 15.1 Å². The number of pyridine rings is 2. The summed E-state index contributed by atoms with van der Waals surface area (Å²) in [5.74, 6) is 1.24. The smallest absolute Gasteiger partial charge is 0.226 e.